The Bertz CT molecular complexity index is 2030. The van der Waals surface area contributed by atoms with Gasteiger partial charge in [0.05, 0.1) is 49.9 Å². The minimum absolute atomic E-state index is 0. The zero-order valence-electron chi connectivity index (χ0n) is 26.8. The van der Waals surface area contributed by atoms with Crippen molar-refractivity contribution in [1.82, 2.24) is 19.7 Å². The number of rotatable bonds is 8. The maximum Gasteiger partial charge on any atom is 0.327 e. The highest BCUT2D eigenvalue weighted by molar-refractivity contribution is 6.03. The van der Waals surface area contributed by atoms with Crippen molar-refractivity contribution in [2.45, 2.75) is 19.9 Å². The van der Waals surface area contributed by atoms with E-state index in [1.54, 1.807) is 67.3 Å². The first-order chi connectivity index (χ1) is 23.2. The summed E-state index contributed by atoms with van der Waals surface area (Å²) in [6, 6.07) is 17.6. The van der Waals surface area contributed by atoms with Crippen LogP contribution in [0.5, 0.6) is 11.5 Å². The maximum atomic E-state index is 14.2. The first-order valence-corrected chi connectivity index (χ1v) is 15.3. The summed E-state index contributed by atoms with van der Waals surface area (Å²) in [4.78, 5) is 49.5. The van der Waals surface area contributed by atoms with Crippen LogP contribution in [0.15, 0.2) is 82.1 Å². The van der Waals surface area contributed by atoms with Crippen LogP contribution >= 0.6 is 0 Å². The van der Waals surface area contributed by atoms with Gasteiger partial charge in [0.2, 0.25) is 0 Å². The number of halogens is 1. The highest BCUT2D eigenvalue weighted by Crippen LogP contribution is 2.37. The van der Waals surface area contributed by atoms with Crippen LogP contribution in [0.2, 0.25) is 0 Å². The molecule has 1 N–H and O–H groups in total. The summed E-state index contributed by atoms with van der Waals surface area (Å²) in [6.45, 7) is 4.69. The lowest BCUT2D eigenvalue weighted by Gasteiger charge is -2.39. The van der Waals surface area contributed by atoms with Crippen molar-refractivity contribution < 1.29 is 29.4 Å². The van der Waals surface area contributed by atoms with Gasteiger partial charge in [-0.3, -0.25) is 14.5 Å². The monoisotopic (exact) mass is 657 g/mol. The number of ether oxygens (including phenoxy) is 2. The topological polar surface area (TPSA) is 135 Å². The SMILES string of the molecule is COc1ccc(N(C(=O)Nc2ccc(F)cc2)C(C)c2nc3ccccc3c(=O)n2N2CCN(C(=O)c3cc(C)on3)CC2)c(OC)c1.[HH]. The third-order valence-electron chi connectivity index (χ3n) is 8.17. The van der Waals surface area contributed by atoms with Gasteiger partial charge in [0, 0.05) is 32.3 Å². The number of carbonyl (C=O) groups is 2. The molecule has 5 aromatic rings. The Morgan fingerprint density at radius 2 is 1.73 bits per heavy atom. The van der Waals surface area contributed by atoms with Crippen LogP contribution in [0.25, 0.3) is 10.9 Å². The first-order valence-electron chi connectivity index (χ1n) is 15.3. The predicted octanol–water partition coefficient (Wildman–Crippen LogP) is 4.99. The minimum atomic E-state index is -0.859. The number of aryl methyl sites for hydroxylation is 1. The molecule has 1 atom stereocenters. The molecule has 3 aromatic carbocycles. The molecule has 0 saturated carbocycles. The third kappa shape index (κ3) is 6.24. The van der Waals surface area contributed by atoms with E-state index < -0.39 is 17.9 Å². The van der Waals surface area contributed by atoms with Crippen molar-refractivity contribution in [3.63, 3.8) is 0 Å². The van der Waals surface area contributed by atoms with Crippen LogP contribution in [0.3, 0.4) is 0 Å². The molecule has 6 rings (SSSR count). The summed E-state index contributed by atoms with van der Waals surface area (Å²) in [5.74, 6) is 0.941. The van der Waals surface area contributed by atoms with E-state index in [1.165, 1.54) is 48.1 Å². The second-order valence-electron chi connectivity index (χ2n) is 11.2. The lowest BCUT2D eigenvalue weighted by molar-refractivity contribution is 0.0726. The molecular weight excluding hydrogens is 621 g/mol. The Balaban J connectivity index is 0.00000468. The van der Waals surface area contributed by atoms with E-state index in [2.05, 4.69) is 10.5 Å². The molecule has 0 bridgehead atoms. The van der Waals surface area contributed by atoms with Gasteiger partial charge in [0.1, 0.15) is 23.1 Å². The quantitative estimate of drug-likeness (QED) is 0.245. The Hall–Kier alpha value is -5.92. The summed E-state index contributed by atoms with van der Waals surface area (Å²) in [5, 5.41) is 8.91. The van der Waals surface area contributed by atoms with E-state index in [4.69, 9.17) is 19.0 Å². The van der Waals surface area contributed by atoms with Crippen LogP contribution in [-0.4, -0.2) is 72.1 Å². The molecule has 2 aromatic heterocycles. The second-order valence-corrected chi connectivity index (χ2v) is 11.2. The number of hydrogen-bond acceptors (Lipinski definition) is 9. The largest absolute Gasteiger partial charge is 0.497 e. The number of benzene rings is 3. The smallest absolute Gasteiger partial charge is 0.327 e. The number of aromatic nitrogens is 3. The van der Waals surface area contributed by atoms with Gasteiger partial charge in [-0.2, -0.15) is 0 Å². The van der Waals surface area contributed by atoms with E-state index in [0.717, 1.165) is 0 Å². The van der Waals surface area contributed by atoms with Crippen molar-refractivity contribution in [2.24, 2.45) is 0 Å². The highest BCUT2D eigenvalue weighted by atomic mass is 19.1. The number of nitrogens with one attached hydrogen (secondary N) is 1. The molecule has 250 valence electrons. The van der Waals surface area contributed by atoms with E-state index in [-0.39, 0.29) is 24.4 Å². The number of anilines is 2. The van der Waals surface area contributed by atoms with Gasteiger partial charge >= 0.3 is 6.03 Å². The lowest BCUT2D eigenvalue weighted by atomic mass is 10.1. The molecule has 1 fully saturated rings. The lowest BCUT2D eigenvalue weighted by Crippen LogP contribution is -2.57. The van der Waals surface area contributed by atoms with Crippen LogP contribution < -0.4 is 30.3 Å². The number of piperazine rings is 1. The van der Waals surface area contributed by atoms with Crippen molar-refractivity contribution in [3.8, 4) is 11.5 Å². The number of methoxy groups -OCH3 is 2. The van der Waals surface area contributed by atoms with Crippen LogP contribution in [0, 0.1) is 12.7 Å². The first kappa shape index (κ1) is 32.0. The number of carbonyl (C=O) groups excluding carboxylic acids is 2. The normalized spacial score (nSPS) is 13.7. The molecule has 1 saturated heterocycles. The molecule has 13 nitrogen and oxygen atoms in total. The van der Waals surface area contributed by atoms with Gasteiger partial charge in [-0.15, -0.1) is 0 Å². The molecular formula is C34H36FN7O6. The van der Waals surface area contributed by atoms with Gasteiger partial charge < -0.3 is 29.2 Å². The fraction of sp³-hybridized carbons (Fsp3) is 0.265. The average molecular weight is 658 g/mol. The summed E-state index contributed by atoms with van der Waals surface area (Å²) in [5.41, 5.74) is 1.08. The van der Waals surface area contributed by atoms with Gasteiger partial charge in [-0.05, 0) is 62.4 Å². The predicted molar refractivity (Wildman–Crippen MR) is 179 cm³/mol. The fourth-order valence-electron chi connectivity index (χ4n) is 5.72. The Morgan fingerprint density at radius 3 is 2.40 bits per heavy atom. The molecule has 1 aliphatic rings. The molecule has 1 unspecified atom stereocenters. The standard InChI is InChI=1S/C34H34FN7O6.H2/c1-21-19-28(38-48-21)33(44)39-15-17-40(18-16-39)42-31(37-27-8-6-5-7-26(27)32(42)43)22(2)41(29-14-13-25(46-3)20-30(29)47-4)34(45)36-24-11-9-23(35)10-12-24;/h5-14,19-20,22H,15-18H2,1-4H3,(H,36,45);1H. The molecule has 0 aliphatic carbocycles. The van der Waals surface area contributed by atoms with Crippen LogP contribution in [-0.2, 0) is 0 Å². The zero-order chi connectivity index (χ0) is 33.9. The van der Waals surface area contributed by atoms with Crippen molar-refractivity contribution in [1.29, 1.82) is 0 Å². The highest BCUT2D eigenvalue weighted by Gasteiger charge is 2.33. The maximum absolute atomic E-state index is 14.2. The van der Waals surface area contributed by atoms with Gasteiger partial charge in [-0.1, -0.05) is 17.3 Å². The fourth-order valence-corrected chi connectivity index (χ4v) is 5.72. The Morgan fingerprint density at radius 1 is 1.00 bits per heavy atom. The van der Waals surface area contributed by atoms with Crippen molar-refractivity contribution in [2.75, 3.05) is 55.6 Å². The van der Waals surface area contributed by atoms with E-state index in [0.29, 0.717) is 65.7 Å². The molecule has 1 aliphatic heterocycles. The molecule has 14 heteroatoms. The minimum Gasteiger partial charge on any atom is -0.497 e. The number of para-hydroxylation sites is 1. The number of amides is 3. The molecule has 0 radical (unpaired) electrons. The van der Waals surface area contributed by atoms with E-state index in [9.17, 15) is 18.8 Å². The molecule has 0 spiro atoms. The summed E-state index contributed by atoms with van der Waals surface area (Å²) >= 11 is 0. The summed E-state index contributed by atoms with van der Waals surface area (Å²) in [7, 11) is 3.00. The molecule has 3 heterocycles. The number of nitrogens with zero attached hydrogens (tertiary/aromatic N) is 6. The molecule has 48 heavy (non-hydrogen) atoms. The Kier molecular flexibility index (Phi) is 8.97. The van der Waals surface area contributed by atoms with Gasteiger partial charge in [0.25, 0.3) is 11.5 Å². The van der Waals surface area contributed by atoms with Gasteiger partial charge in [0.15, 0.2) is 11.5 Å². The zero-order valence-corrected chi connectivity index (χ0v) is 26.8. The number of urea groups is 1. The van der Waals surface area contributed by atoms with Gasteiger partial charge in [-0.25, -0.2) is 18.8 Å². The summed E-state index contributed by atoms with van der Waals surface area (Å²) in [6.07, 6.45) is 0. The van der Waals surface area contributed by atoms with Crippen LogP contribution in [0.1, 0.15) is 36.5 Å². The van der Waals surface area contributed by atoms with E-state index >= 15 is 0 Å². The number of fused-ring (bicyclic) bond motifs is 1. The number of hydrogen-bond donors (Lipinski definition) is 1. The van der Waals surface area contributed by atoms with E-state index in [1.807, 2.05) is 5.01 Å². The Labute approximate surface area is 276 Å². The van der Waals surface area contributed by atoms with Crippen molar-refractivity contribution in [3.05, 3.63) is 106 Å². The second kappa shape index (κ2) is 13.4. The third-order valence-corrected chi connectivity index (χ3v) is 8.17. The average Bonchev–Trinajstić information content (AvgIpc) is 3.55. The summed E-state index contributed by atoms with van der Waals surface area (Å²) < 4.78 is 31.3. The van der Waals surface area contributed by atoms with Crippen molar-refractivity contribution >= 4 is 34.2 Å². The molecule has 3 amide bonds. The van der Waals surface area contributed by atoms with Crippen LogP contribution in [0.4, 0.5) is 20.6 Å².